The average molecular weight is 289 g/mol. The summed E-state index contributed by atoms with van der Waals surface area (Å²) < 4.78 is 5.37. The summed E-state index contributed by atoms with van der Waals surface area (Å²) in [5.41, 5.74) is 0.653. The quantitative estimate of drug-likeness (QED) is 0.796. The van der Waals surface area contributed by atoms with Crippen molar-refractivity contribution >= 4 is 6.09 Å². The summed E-state index contributed by atoms with van der Waals surface area (Å²) in [6.07, 6.45) is 2.74. The molecule has 1 aromatic carbocycles. The molecule has 0 spiro atoms. The van der Waals surface area contributed by atoms with Crippen molar-refractivity contribution in [2.45, 2.75) is 51.4 Å². The van der Waals surface area contributed by atoms with Crippen LogP contribution in [0.25, 0.3) is 0 Å². The molecule has 1 fully saturated rings. The summed E-state index contributed by atoms with van der Waals surface area (Å²) in [7, 11) is 0. The first-order valence-electron chi connectivity index (χ1n) is 7.24. The molecule has 1 aliphatic rings. The lowest BCUT2D eigenvalue weighted by Gasteiger charge is -2.26. The molecule has 4 heteroatoms. The van der Waals surface area contributed by atoms with Gasteiger partial charge in [0.1, 0.15) is 5.60 Å². The molecule has 21 heavy (non-hydrogen) atoms. The zero-order valence-electron chi connectivity index (χ0n) is 12.9. The van der Waals surface area contributed by atoms with E-state index in [-0.39, 0.29) is 12.1 Å². The molecule has 114 valence electrons. The van der Waals surface area contributed by atoms with Crippen LogP contribution in [-0.4, -0.2) is 28.9 Å². The Balaban J connectivity index is 2.00. The Morgan fingerprint density at radius 3 is 2.67 bits per heavy atom. The number of rotatable bonds is 3. The number of benzene rings is 1. The zero-order chi connectivity index (χ0) is 15.5. The molecule has 0 aliphatic carbocycles. The van der Waals surface area contributed by atoms with Gasteiger partial charge < -0.3 is 4.74 Å². The molecule has 1 aliphatic heterocycles. The highest BCUT2D eigenvalue weighted by molar-refractivity contribution is 5.67. The predicted molar refractivity (Wildman–Crippen MR) is 81.7 cm³/mol. The maximum absolute atomic E-state index is 12.2. The Hall–Kier alpha value is -1.81. The van der Waals surface area contributed by atoms with Gasteiger partial charge in [-0.15, -0.1) is 6.58 Å². The number of hydrogen-bond donors (Lipinski definition) is 0. The first-order valence-corrected chi connectivity index (χ1v) is 7.24. The highest BCUT2D eigenvalue weighted by Gasteiger charge is 2.37. The van der Waals surface area contributed by atoms with E-state index >= 15 is 0 Å². The number of amides is 1. The fourth-order valence-electron chi connectivity index (χ4n) is 2.32. The second-order valence-corrected chi connectivity index (χ2v) is 6.26. The third kappa shape index (κ3) is 4.33. The highest BCUT2D eigenvalue weighted by atomic mass is 16.7. The van der Waals surface area contributed by atoms with Gasteiger partial charge in [-0.2, -0.15) is 5.06 Å². The van der Waals surface area contributed by atoms with E-state index in [1.54, 1.807) is 6.08 Å². The van der Waals surface area contributed by atoms with Gasteiger partial charge in [0.05, 0.1) is 12.1 Å². The lowest BCUT2D eigenvalue weighted by atomic mass is 10.0. The molecular formula is C17H23NO3. The van der Waals surface area contributed by atoms with Crippen LogP contribution in [0, 0.1) is 0 Å². The van der Waals surface area contributed by atoms with Crippen molar-refractivity contribution in [1.82, 2.24) is 5.06 Å². The van der Waals surface area contributed by atoms with E-state index in [0.717, 1.165) is 12.8 Å². The van der Waals surface area contributed by atoms with Gasteiger partial charge >= 0.3 is 6.09 Å². The molecule has 0 aromatic heterocycles. The van der Waals surface area contributed by atoms with E-state index in [9.17, 15) is 4.79 Å². The molecule has 2 rings (SSSR count). The summed E-state index contributed by atoms with van der Waals surface area (Å²) in [4.78, 5) is 17.9. The van der Waals surface area contributed by atoms with Crippen molar-refractivity contribution in [3.8, 4) is 0 Å². The SMILES string of the molecule is C=C[C@@H]1C[C@H](Cc2ccccc2)ON1C(=O)OC(C)(C)C. The van der Waals surface area contributed by atoms with Crippen molar-refractivity contribution < 1.29 is 14.4 Å². The molecule has 1 saturated heterocycles. The van der Waals surface area contributed by atoms with Crippen LogP contribution in [0.15, 0.2) is 43.0 Å². The number of carbonyl (C=O) groups is 1. The normalized spacial score (nSPS) is 22.1. The third-order valence-electron chi connectivity index (χ3n) is 3.22. The highest BCUT2D eigenvalue weighted by Crippen LogP contribution is 2.26. The van der Waals surface area contributed by atoms with Crippen molar-refractivity contribution in [2.75, 3.05) is 0 Å². The van der Waals surface area contributed by atoms with Gasteiger partial charge in [0.15, 0.2) is 0 Å². The molecule has 1 aromatic rings. The van der Waals surface area contributed by atoms with E-state index in [2.05, 4.69) is 18.7 Å². The summed E-state index contributed by atoms with van der Waals surface area (Å²) in [6, 6.07) is 9.96. The fourth-order valence-corrected chi connectivity index (χ4v) is 2.32. The summed E-state index contributed by atoms with van der Waals surface area (Å²) in [5, 5.41) is 1.31. The van der Waals surface area contributed by atoms with E-state index in [0.29, 0.717) is 0 Å². The van der Waals surface area contributed by atoms with Gasteiger partial charge in [-0.05, 0) is 26.3 Å². The van der Waals surface area contributed by atoms with Crippen LogP contribution < -0.4 is 0 Å². The Labute approximate surface area is 126 Å². The van der Waals surface area contributed by atoms with Crippen LogP contribution in [0.5, 0.6) is 0 Å². The van der Waals surface area contributed by atoms with Gasteiger partial charge in [0.25, 0.3) is 0 Å². The molecule has 0 bridgehead atoms. The first-order chi connectivity index (χ1) is 9.89. The minimum Gasteiger partial charge on any atom is -0.442 e. The lowest BCUT2D eigenvalue weighted by molar-refractivity contribution is -0.144. The monoisotopic (exact) mass is 289 g/mol. The number of carbonyl (C=O) groups excluding carboxylic acids is 1. The van der Waals surface area contributed by atoms with Crippen LogP contribution in [-0.2, 0) is 16.0 Å². The van der Waals surface area contributed by atoms with E-state index in [1.165, 1.54) is 10.6 Å². The van der Waals surface area contributed by atoms with Crippen LogP contribution in [0.1, 0.15) is 32.8 Å². The number of hydrogen-bond acceptors (Lipinski definition) is 3. The second kappa shape index (κ2) is 6.31. The molecule has 0 N–H and O–H groups in total. The lowest BCUT2D eigenvalue weighted by Crippen LogP contribution is -2.38. The van der Waals surface area contributed by atoms with Crippen LogP contribution in [0.3, 0.4) is 0 Å². The summed E-state index contributed by atoms with van der Waals surface area (Å²) in [6.45, 7) is 9.30. The van der Waals surface area contributed by atoms with Crippen molar-refractivity contribution in [3.05, 3.63) is 48.6 Å². The number of ether oxygens (including phenoxy) is 1. The Morgan fingerprint density at radius 2 is 2.10 bits per heavy atom. The van der Waals surface area contributed by atoms with Gasteiger partial charge in [0, 0.05) is 12.8 Å². The molecule has 0 unspecified atom stereocenters. The molecule has 0 saturated carbocycles. The van der Waals surface area contributed by atoms with Gasteiger partial charge in [-0.1, -0.05) is 36.4 Å². The minimum atomic E-state index is -0.538. The number of hydroxylamine groups is 2. The van der Waals surface area contributed by atoms with Crippen LogP contribution in [0.2, 0.25) is 0 Å². The topological polar surface area (TPSA) is 38.8 Å². The third-order valence-corrected chi connectivity index (χ3v) is 3.22. The van der Waals surface area contributed by atoms with Crippen LogP contribution >= 0.6 is 0 Å². The molecular weight excluding hydrogens is 266 g/mol. The van der Waals surface area contributed by atoms with E-state index < -0.39 is 11.7 Å². The Morgan fingerprint density at radius 1 is 1.43 bits per heavy atom. The van der Waals surface area contributed by atoms with E-state index in [4.69, 9.17) is 9.57 Å². The molecule has 2 atom stereocenters. The molecule has 1 heterocycles. The van der Waals surface area contributed by atoms with Gasteiger partial charge in [-0.25, -0.2) is 4.79 Å². The summed E-state index contributed by atoms with van der Waals surface area (Å²) >= 11 is 0. The molecule has 4 nitrogen and oxygen atoms in total. The van der Waals surface area contributed by atoms with Gasteiger partial charge in [-0.3, -0.25) is 4.84 Å². The maximum atomic E-state index is 12.2. The van der Waals surface area contributed by atoms with Crippen molar-refractivity contribution in [1.29, 1.82) is 0 Å². The minimum absolute atomic E-state index is 0.0390. The maximum Gasteiger partial charge on any atom is 0.435 e. The smallest absolute Gasteiger partial charge is 0.435 e. The zero-order valence-corrected chi connectivity index (χ0v) is 12.9. The predicted octanol–water partition coefficient (Wildman–Crippen LogP) is 3.72. The van der Waals surface area contributed by atoms with Crippen molar-refractivity contribution in [2.24, 2.45) is 0 Å². The fraction of sp³-hybridized carbons (Fsp3) is 0.471. The Bertz CT molecular complexity index is 493. The second-order valence-electron chi connectivity index (χ2n) is 6.26. The standard InChI is InChI=1S/C17H23NO3/c1-5-14-12-15(11-13-9-7-6-8-10-13)21-18(14)16(19)20-17(2,3)4/h5-10,14-15H,1,11-12H2,2-4H3/t14-,15+/m1/s1. The first kappa shape index (κ1) is 15.6. The largest absolute Gasteiger partial charge is 0.442 e. The summed E-state index contributed by atoms with van der Waals surface area (Å²) in [5.74, 6) is 0. The number of nitrogens with zero attached hydrogens (tertiary/aromatic N) is 1. The van der Waals surface area contributed by atoms with Gasteiger partial charge in [0.2, 0.25) is 0 Å². The average Bonchev–Trinajstić information content (AvgIpc) is 2.81. The van der Waals surface area contributed by atoms with Crippen LogP contribution in [0.4, 0.5) is 4.79 Å². The van der Waals surface area contributed by atoms with E-state index in [1.807, 2.05) is 39.0 Å². The molecule has 1 amide bonds. The van der Waals surface area contributed by atoms with Crippen molar-refractivity contribution in [3.63, 3.8) is 0 Å². The Kier molecular flexibility index (Phi) is 4.68. The molecule has 0 radical (unpaired) electrons.